The summed E-state index contributed by atoms with van der Waals surface area (Å²) in [7, 11) is 1.67. The van der Waals surface area contributed by atoms with Gasteiger partial charge < -0.3 is 14.1 Å². The number of aromatic nitrogens is 2. The second-order valence-electron chi connectivity index (χ2n) is 8.42. The van der Waals surface area contributed by atoms with Crippen LogP contribution in [0.1, 0.15) is 10.4 Å². The van der Waals surface area contributed by atoms with Gasteiger partial charge in [-0.15, -0.1) is 0 Å². The lowest BCUT2D eigenvalue weighted by Gasteiger charge is -2.36. The minimum atomic E-state index is -0.662. The molecule has 0 atom stereocenters. The minimum absolute atomic E-state index is 0.176. The number of nitrogens with zero attached hydrogens (tertiary/aromatic N) is 4. The third-order valence-corrected chi connectivity index (χ3v) is 6.44. The summed E-state index contributed by atoms with van der Waals surface area (Å²) in [6.45, 7) is 3.84. The predicted molar refractivity (Wildman–Crippen MR) is 133 cm³/mol. The van der Waals surface area contributed by atoms with Gasteiger partial charge in [0.25, 0.3) is 11.5 Å². The average Bonchev–Trinajstić information content (AvgIpc) is 3.39. The highest BCUT2D eigenvalue weighted by Crippen LogP contribution is 2.28. The van der Waals surface area contributed by atoms with E-state index in [1.165, 1.54) is 12.5 Å². The van der Waals surface area contributed by atoms with Crippen LogP contribution in [0.15, 0.2) is 81.1 Å². The number of piperazine rings is 1. The number of para-hydroxylation sites is 2. The maximum atomic E-state index is 13.3. The van der Waals surface area contributed by atoms with Crippen molar-refractivity contribution in [1.29, 1.82) is 0 Å². The number of methoxy groups -OCH3 is 1. The fraction of sp³-hybridized carbons (Fsp3) is 0.269. The normalized spacial score (nSPS) is 14.4. The average molecular weight is 475 g/mol. The molecule has 9 nitrogen and oxygen atoms in total. The summed E-state index contributed by atoms with van der Waals surface area (Å²) in [6, 6.07) is 16.4. The number of benzene rings is 2. The standard InChI is InChI=1S/C26H26N4O5/c1-34-23-10-6-5-9-21(23)28-14-11-27(12-15-28)13-16-29-25(32)20-17-35-18-22(20)30(26(29)33)24(31)19-7-3-2-4-8-19/h2-10,17-18H,11-16H2,1H3. The Labute approximate surface area is 201 Å². The molecule has 2 aromatic carbocycles. The minimum Gasteiger partial charge on any atom is -0.495 e. The predicted octanol–water partition coefficient (Wildman–Crippen LogP) is 2.28. The molecule has 1 aliphatic rings. The van der Waals surface area contributed by atoms with E-state index >= 15 is 0 Å². The molecule has 0 N–H and O–H groups in total. The maximum Gasteiger partial charge on any atom is 0.338 e. The van der Waals surface area contributed by atoms with Gasteiger partial charge in [-0.2, -0.15) is 0 Å². The zero-order valence-corrected chi connectivity index (χ0v) is 19.4. The molecule has 0 unspecified atom stereocenters. The first kappa shape index (κ1) is 22.7. The van der Waals surface area contributed by atoms with Crippen LogP contribution < -0.4 is 20.9 Å². The van der Waals surface area contributed by atoms with E-state index in [-0.39, 0.29) is 17.4 Å². The maximum absolute atomic E-state index is 13.3. The van der Waals surface area contributed by atoms with Crippen molar-refractivity contribution in [1.82, 2.24) is 14.0 Å². The Bertz CT molecular complexity index is 1460. The van der Waals surface area contributed by atoms with Crippen LogP contribution in [0.25, 0.3) is 10.9 Å². The van der Waals surface area contributed by atoms with Crippen LogP contribution in [0.2, 0.25) is 0 Å². The van der Waals surface area contributed by atoms with Crippen molar-refractivity contribution in [3.63, 3.8) is 0 Å². The molecule has 180 valence electrons. The van der Waals surface area contributed by atoms with E-state index in [1.54, 1.807) is 37.4 Å². The van der Waals surface area contributed by atoms with Crippen LogP contribution in [0.4, 0.5) is 5.69 Å². The van der Waals surface area contributed by atoms with Gasteiger partial charge >= 0.3 is 5.69 Å². The van der Waals surface area contributed by atoms with Crippen molar-refractivity contribution >= 4 is 22.5 Å². The van der Waals surface area contributed by atoms with E-state index in [2.05, 4.69) is 9.80 Å². The molecule has 35 heavy (non-hydrogen) atoms. The van der Waals surface area contributed by atoms with E-state index in [4.69, 9.17) is 9.15 Å². The van der Waals surface area contributed by atoms with Crippen LogP contribution in [0.3, 0.4) is 0 Å². The number of hydrogen-bond donors (Lipinski definition) is 0. The number of furan rings is 1. The van der Waals surface area contributed by atoms with Gasteiger partial charge in [0.1, 0.15) is 29.2 Å². The lowest BCUT2D eigenvalue weighted by molar-refractivity contribution is 0.0957. The number of anilines is 1. The fourth-order valence-electron chi connectivity index (χ4n) is 4.53. The molecule has 0 amide bonds. The zero-order valence-electron chi connectivity index (χ0n) is 19.4. The highest BCUT2D eigenvalue weighted by molar-refractivity contribution is 6.00. The Morgan fingerprint density at radius 3 is 2.37 bits per heavy atom. The summed E-state index contributed by atoms with van der Waals surface area (Å²) in [5.74, 6) is 0.339. The summed E-state index contributed by atoms with van der Waals surface area (Å²) in [4.78, 5) is 44.0. The molecule has 0 saturated carbocycles. The molecule has 5 rings (SSSR count). The van der Waals surface area contributed by atoms with Crippen LogP contribution >= 0.6 is 0 Å². The van der Waals surface area contributed by atoms with Crippen LogP contribution in [0.5, 0.6) is 5.75 Å². The molecular weight excluding hydrogens is 448 g/mol. The first-order valence-corrected chi connectivity index (χ1v) is 11.5. The third kappa shape index (κ3) is 4.26. The van der Waals surface area contributed by atoms with Crippen molar-refractivity contribution in [3.05, 3.63) is 93.5 Å². The largest absolute Gasteiger partial charge is 0.495 e. The van der Waals surface area contributed by atoms with Crippen molar-refractivity contribution in [2.24, 2.45) is 0 Å². The number of ether oxygens (including phenoxy) is 1. The van der Waals surface area contributed by atoms with Crippen molar-refractivity contribution in [2.75, 3.05) is 44.7 Å². The number of fused-ring (bicyclic) bond motifs is 1. The van der Waals surface area contributed by atoms with Gasteiger partial charge in [0.15, 0.2) is 0 Å². The van der Waals surface area contributed by atoms with Gasteiger partial charge in [-0.3, -0.25) is 19.1 Å². The zero-order chi connectivity index (χ0) is 24.4. The van der Waals surface area contributed by atoms with E-state index < -0.39 is 17.2 Å². The molecule has 3 heterocycles. The SMILES string of the molecule is COc1ccccc1N1CCN(CCn2c(=O)c3cocc3n(C(=O)c3ccccc3)c2=O)CC1. The second kappa shape index (κ2) is 9.63. The molecule has 0 spiro atoms. The van der Waals surface area contributed by atoms with E-state index in [9.17, 15) is 14.4 Å². The van der Waals surface area contributed by atoms with Gasteiger partial charge in [-0.1, -0.05) is 30.3 Å². The van der Waals surface area contributed by atoms with Gasteiger partial charge in [0.2, 0.25) is 0 Å². The molecule has 1 fully saturated rings. The van der Waals surface area contributed by atoms with Gasteiger partial charge in [0, 0.05) is 44.8 Å². The molecule has 4 aromatic rings. The quantitative estimate of drug-likeness (QED) is 0.424. The van der Waals surface area contributed by atoms with Crippen LogP contribution in [0, 0.1) is 0 Å². The third-order valence-electron chi connectivity index (χ3n) is 6.44. The smallest absolute Gasteiger partial charge is 0.338 e. The lowest BCUT2D eigenvalue weighted by atomic mass is 10.2. The monoisotopic (exact) mass is 474 g/mol. The molecular formula is C26H26N4O5. The van der Waals surface area contributed by atoms with E-state index in [0.29, 0.717) is 12.1 Å². The first-order valence-electron chi connectivity index (χ1n) is 11.5. The molecule has 2 aromatic heterocycles. The fourth-order valence-corrected chi connectivity index (χ4v) is 4.53. The van der Waals surface area contributed by atoms with Crippen LogP contribution in [-0.2, 0) is 6.54 Å². The van der Waals surface area contributed by atoms with Crippen LogP contribution in [-0.4, -0.2) is 59.8 Å². The van der Waals surface area contributed by atoms with E-state index in [0.717, 1.165) is 46.8 Å². The Hall–Kier alpha value is -4.11. The summed E-state index contributed by atoms with van der Waals surface area (Å²) in [5, 5.41) is 0.204. The van der Waals surface area contributed by atoms with Crippen molar-refractivity contribution < 1.29 is 13.9 Å². The van der Waals surface area contributed by atoms with Gasteiger partial charge in [-0.25, -0.2) is 9.36 Å². The molecule has 0 bridgehead atoms. The molecule has 1 aliphatic heterocycles. The van der Waals surface area contributed by atoms with E-state index in [1.807, 2.05) is 24.3 Å². The second-order valence-corrected chi connectivity index (χ2v) is 8.42. The summed E-state index contributed by atoms with van der Waals surface area (Å²) in [5.41, 5.74) is 0.470. The number of carbonyl (C=O) groups is 1. The topological polar surface area (TPSA) is 89.9 Å². The summed E-state index contributed by atoms with van der Waals surface area (Å²) >= 11 is 0. The highest BCUT2D eigenvalue weighted by atomic mass is 16.5. The van der Waals surface area contributed by atoms with Gasteiger partial charge in [0.05, 0.1) is 12.8 Å². The highest BCUT2D eigenvalue weighted by Gasteiger charge is 2.23. The molecule has 0 radical (unpaired) electrons. The number of rotatable bonds is 6. The Balaban J connectivity index is 1.36. The lowest BCUT2D eigenvalue weighted by Crippen LogP contribution is -2.49. The Morgan fingerprint density at radius 2 is 1.63 bits per heavy atom. The van der Waals surface area contributed by atoms with Gasteiger partial charge in [-0.05, 0) is 24.3 Å². The number of carbonyl (C=O) groups excluding carboxylic acids is 1. The first-order chi connectivity index (χ1) is 17.1. The molecule has 0 aliphatic carbocycles. The molecule has 9 heteroatoms. The summed E-state index contributed by atoms with van der Waals surface area (Å²) in [6.07, 6.45) is 2.55. The van der Waals surface area contributed by atoms with Crippen molar-refractivity contribution in [2.45, 2.75) is 6.54 Å². The van der Waals surface area contributed by atoms with Crippen molar-refractivity contribution in [3.8, 4) is 5.75 Å². The summed E-state index contributed by atoms with van der Waals surface area (Å²) < 4.78 is 12.8. The number of hydrogen-bond acceptors (Lipinski definition) is 7. The molecule has 1 saturated heterocycles. The Morgan fingerprint density at radius 1 is 0.914 bits per heavy atom. The Kier molecular flexibility index (Phi) is 6.24.